The molecule has 0 saturated carbocycles. The predicted molar refractivity (Wildman–Crippen MR) is 85.9 cm³/mol. The van der Waals surface area contributed by atoms with E-state index in [1.54, 1.807) is 6.07 Å². The highest BCUT2D eigenvalue weighted by Crippen LogP contribution is 2.37. The Balaban J connectivity index is 1.92. The number of nitrogens with zero attached hydrogens (tertiary/aromatic N) is 2. The maximum Gasteiger partial charge on any atom is 0.311 e. The molecule has 110 valence electrons. The minimum atomic E-state index is -0.227. The summed E-state index contributed by atoms with van der Waals surface area (Å²) in [6.07, 6.45) is 0. The number of hydrogen-bond donors (Lipinski definition) is 1. The van der Waals surface area contributed by atoms with Crippen molar-refractivity contribution in [2.45, 2.75) is 13.8 Å². The number of hydrogen-bond acceptors (Lipinski definition) is 4. The Bertz CT molecular complexity index is 820. The average Bonchev–Trinajstić information content (AvgIpc) is 2.87. The van der Waals surface area contributed by atoms with Crippen LogP contribution in [0.3, 0.4) is 0 Å². The van der Waals surface area contributed by atoms with Crippen molar-refractivity contribution in [2.24, 2.45) is 10.2 Å². The third-order valence-corrected chi connectivity index (χ3v) is 3.37. The van der Waals surface area contributed by atoms with E-state index in [2.05, 4.69) is 16.3 Å². The summed E-state index contributed by atoms with van der Waals surface area (Å²) >= 11 is 0. The highest BCUT2D eigenvalue weighted by molar-refractivity contribution is 5.68. The summed E-state index contributed by atoms with van der Waals surface area (Å²) in [6.45, 7) is 4.04. The van der Waals surface area contributed by atoms with E-state index in [1.165, 1.54) is 5.56 Å². The lowest BCUT2D eigenvalue weighted by Crippen LogP contribution is -1.82. The Morgan fingerprint density at radius 3 is 2.41 bits per heavy atom. The standard InChI is InChI=1S/C18H16N2O2/c1-12-8-9-15(13(2)10-12)17-11-16(18(21)22-17)20-19-14-6-4-3-5-7-14/h3-11,21H,1-2H3. The molecule has 0 unspecified atom stereocenters. The van der Waals surface area contributed by atoms with E-state index < -0.39 is 0 Å². The fourth-order valence-corrected chi connectivity index (χ4v) is 2.27. The lowest BCUT2D eigenvalue weighted by Gasteiger charge is -2.02. The van der Waals surface area contributed by atoms with Gasteiger partial charge in [-0.3, -0.25) is 0 Å². The summed E-state index contributed by atoms with van der Waals surface area (Å²) in [6, 6.07) is 17.1. The number of aromatic hydroxyl groups is 1. The Kier molecular flexibility index (Phi) is 3.74. The maximum atomic E-state index is 9.90. The van der Waals surface area contributed by atoms with E-state index >= 15 is 0 Å². The van der Waals surface area contributed by atoms with Gasteiger partial charge in [-0.15, -0.1) is 5.11 Å². The molecular formula is C18H16N2O2. The number of azo groups is 1. The van der Waals surface area contributed by atoms with Crippen LogP contribution in [0.1, 0.15) is 11.1 Å². The molecule has 0 fully saturated rings. The number of rotatable bonds is 3. The second-order valence-corrected chi connectivity index (χ2v) is 5.15. The largest absolute Gasteiger partial charge is 0.479 e. The van der Waals surface area contributed by atoms with Gasteiger partial charge in [-0.05, 0) is 31.5 Å². The summed E-state index contributed by atoms with van der Waals surface area (Å²) in [7, 11) is 0. The van der Waals surface area contributed by atoms with Crippen molar-refractivity contribution in [2.75, 3.05) is 0 Å². The number of furan rings is 1. The van der Waals surface area contributed by atoms with Crippen LogP contribution in [0.4, 0.5) is 11.4 Å². The molecule has 1 N–H and O–H groups in total. The van der Waals surface area contributed by atoms with Crippen LogP contribution >= 0.6 is 0 Å². The van der Waals surface area contributed by atoms with Gasteiger partial charge < -0.3 is 9.52 Å². The second-order valence-electron chi connectivity index (χ2n) is 5.15. The van der Waals surface area contributed by atoms with Crippen molar-refractivity contribution in [1.29, 1.82) is 0 Å². The first-order valence-corrected chi connectivity index (χ1v) is 7.01. The van der Waals surface area contributed by atoms with Gasteiger partial charge in [0.05, 0.1) is 5.69 Å². The molecule has 0 spiro atoms. The zero-order chi connectivity index (χ0) is 15.5. The molecule has 0 amide bonds. The van der Waals surface area contributed by atoms with Gasteiger partial charge in [0.15, 0.2) is 5.69 Å². The van der Waals surface area contributed by atoms with Gasteiger partial charge in [0.2, 0.25) is 0 Å². The van der Waals surface area contributed by atoms with E-state index in [9.17, 15) is 5.11 Å². The van der Waals surface area contributed by atoms with Gasteiger partial charge in [-0.25, -0.2) is 0 Å². The van der Waals surface area contributed by atoms with Crippen LogP contribution in [0.15, 0.2) is 69.2 Å². The van der Waals surface area contributed by atoms with Gasteiger partial charge in [-0.1, -0.05) is 42.0 Å². The zero-order valence-electron chi connectivity index (χ0n) is 12.4. The van der Waals surface area contributed by atoms with Crippen LogP contribution in [0, 0.1) is 13.8 Å². The summed E-state index contributed by atoms with van der Waals surface area (Å²) < 4.78 is 5.41. The van der Waals surface area contributed by atoms with Crippen LogP contribution in [0.5, 0.6) is 5.95 Å². The van der Waals surface area contributed by atoms with Gasteiger partial charge in [0.1, 0.15) is 5.76 Å². The van der Waals surface area contributed by atoms with E-state index in [0.29, 0.717) is 11.4 Å². The Morgan fingerprint density at radius 2 is 1.68 bits per heavy atom. The first kappa shape index (κ1) is 14.1. The number of aryl methyl sites for hydroxylation is 2. The monoisotopic (exact) mass is 292 g/mol. The van der Waals surface area contributed by atoms with Crippen molar-refractivity contribution >= 4 is 11.4 Å². The lowest BCUT2D eigenvalue weighted by atomic mass is 10.0. The molecule has 4 heteroatoms. The lowest BCUT2D eigenvalue weighted by molar-refractivity contribution is 0.339. The molecule has 1 aromatic heterocycles. The highest BCUT2D eigenvalue weighted by Gasteiger charge is 2.13. The highest BCUT2D eigenvalue weighted by atomic mass is 16.5. The van der Waals surface area contributed by atoms with Gasteiger partial charge in [0.25, 0.3) is 0 Å². The molecule has 2 aromatic carbocycles. The molecule has 0 radical (unpaired) electrons. The molecule has 4 nitrogen and oxygen atoms in total. The quantitative estimate of drug-likeness (QED) is 0.631. The molecule has 22 heavy (non-hydrogen) atoms. The fourth-order valence-electron chi connectivity index (χ4n) is 2.27. The van der Waals surface area contributed by atoms with Crippen LogP contribution < -0.4 is 0 Å². The van der Waals surface area contributed by atoms with Crippen molar-refractivity contribution in [1.82, 2.24) is 0 Å². The van der Waals surface area contributed by atoms with Crippen LogP contribution in [-0.4, -0.2) is 5.11 Å². The topological polar surface area (TPSA) is 58.1 Å². The van der Waals surface area contributed by atoms with E-state index in [0.717, 1.165) is 16.8 Å². The van der Waals surface area contributed by atoms with Crippen molar-refractivity contribution in [3.8, 4) is 17.3 Å². The van der Waals surface area contributed by atoms with Crippen molar-refractivity contribution < 1.29 is 9.52 Å². The number of benzene rings is 2. The van der Waals surface area contributed by atoms with Crippen molar-refractivity contribution in [3.63, 3.8) is 0 Å². The van der Waals surface area contributed by atoms with Crippen LogP contribution in [-0.2, 0) is 0 Å². The Labute approximate surface area is 128 Å². The predicted octanol–water partition coefficient (Wildman–Crippen LogP) is 5.68. The second kappa shape index (κ2) is 5.85. The zero-order valence-corrected chi connectivity index (χ0v) is 12.4. The fraction of sp³-hybridized carbons (Fsp3) is 0.111. The van der Waals surface area contributed by atoms with E-state index in [1.807, 2.05) is 56.3 Å². The molecule has 0 saturated heterocycles. The molecule has 0 bridgehead atoms. The molecule has 0 aliphatic carbocycles. The maximum absolute atomic E-state index is 9.90. The molecule has 0 aliphatic rings. The minimum Gasteiger partial charge on any atom is -0.479 e. The Hall–Kier alpha value is -2.88. The molecule has 0 atom stereocenters. The Morgan fingerprint density at radius 1 is 0.909 bits per heavy atom. The molecule has 3 aromatic rings. The summed E-state index contributed by atoms with van der Waals surface area (Å²) in [5, 5.41) is 18.0. The molecule has 1 heterocycles. The normalized spacial score (nSPS) is 11.2. The van der Waals surface area contributed by atoms with E-state index in [4.69, 9.17) is 4.42 Å². The third-order valence-electron chi connectivity index (χ3n) is 3.37. The smallest absolute Gasteiger partial charge is 0.311 e. The van der Waals surface area contributed by atoms with Gasteiger partial charge in [-0.2, -0.15) is 5.11 Å². The van der Waals surface area contributed by atoms with Crippen LogP contribution in [0.25, 0.3) is 11.3 Å². The first-order valence-electron chi connectivity index (χ1n) is 7.01. The minimum absolute atomic E-state index is 0.227. The summed E-state index contributed by atoms with van der Waals surface area (Å²) in [5.41, 5.74) is 4.23. The van der Waals surface area contributed by atoms with E-state index in [-0.39, 0.29) is 5.95 Å². The summed E-state index contributed by atoms with van der Waals surface area (Å²) in [5.74, 6) is 0.353. The van der Waals surface area contributed by atoms with Gasteiger partial charge >= 0.3 is 5.95 Å². The molecular weight excluding hydrogens is 276 g/mol. The van der Waals surface area contributed by atoms with Crippen molar-refractivity contribution in [3.05, 3.63) is 65.7 Å². The average molecular weight is 292 g/mol. The SMILES string of the molecule is Cc1ccc(-c2cc(N=Nc3ccccc3)c(O)o2)c(C)c1. The third kappa shape index (κ3) is 2.91. The van der Waals surface area contributed by atoms with Crippen LogP contribution in [0.2, 0.25) is 0 Å². The first-order chi connectivity index (χ1) is 10.6. The summed E-state index contributed by atoms with van der Waals surface area (Å²) in [4.78, 5) is 0. The molecule has 0 aliphatic heterocycles. The molecule has 3 rings (SSSR count). The van der Waals surface area contributed by atoms with Gasteiger partial charge in [0, 0.05) is 11.6 Å².